The molecule has 0 radical (unpaired) electrons. The third kappa shape index (κ3) is 9.93. The van der Waals surface area contributed by atoms with Crippen molar-refractivity contribution >= 4 is 29.7 Å². The SMILES string of the molecule is Cc1cccc(/C=C/C(=O)NCc2cccc(NC(=O)CCNC(=O)OC(C)(C)C)c2)c1. The summed E-state index contributed by atoms with van der Waals surface area (Å²) in [5, 5.41) is 8.17. The van der Waals surface area contributed by atoms with Gasteiger partial charge in [-0.1, -0.05) is 42.0 Å². The van der Waals surface area contributed by atoms with Gasteiger partial charge in [0.2, 0.25) is 11.8 Å². The third-order valence-corrected chi connectivity index (χ3v) is 4.17. The minimum Gasteiger partial charge on any atom is -0.444 e. The molecule has 0 aliphatic rings. The quantitative estimate of drug-likeness (QED) is 0.540. The Morgan fingerprint density at radius 2 is 1.75 bits per heavy atom. The first-order valence-electron chi connectivity index (χ1n) is 10.5. The highest BCUT2D eigenvalue weighted by molar-refractivity contribution is 5.92. The topological polar surface area (TPSA) is 96.5 Å². The number of carbonyl (C=O) groups excluding carboxylic acids is 3. The summed E-state index contributed by atoms with van der Waals surface area (Å²) < 4.78 is 5.13. The summed E-state index contributed by atoms with van der Waals surface area (Å²) in [6.45, 7) is 7.82. The van der Waals surface area contributed by atoms with Crippen LogP contribution in [0.15, 0.2) is 54.6 Å². The molecule has 7 heteroatoms. The number of nitrogens with one attached hydrogen (secondary N) is 3. The smallest absolute Gasteiger partial charge is 0.407 e. The number of anilines is 1. The van der Waals surface area contributed by atoms with Crippen LogP contribution in [0.2, 0.25) is 0 Å². The van der Waals surface area contributed by atoms with Gasteiger partial charge in [-0.2, -0.15) is 0 Å². The Hall–Kier alpha value is -3.61. The predicted octanol–water partition coefficient (Wildman–Crippen LogP) is 4.18. The maximum Gasteiger partial charge on any atom is 0.407 e. The lowest BCUT2D eigenvalue weighted by Crippen LogP contribution is -2.34. The number of carbonyl (C=O) groups is 3. The lowest BCUT2D eigenvalue weighted by Gasteiger charge is -2.19. The third-order valence-electron chi connectivity index (χ3n) is 4.17. The van der Waals surface area contributed by atoms with Crippen molar-refractivity contribution in [3.8, 4) is 0 Å². The summed E-state index contributed by atoms with van der Waals surface area (Å²) in [5.74, 6) is -0.433. The Bertz CT molecular complexity index is 977. The van der Waals surface area contributed by atoms with Gasteiger partial charge in [0.25, 0.3) is 0 Å². The van der Waals surface area contributed by atoms with Crippen molar-refractivity contribution in [3.63, 3.8) is 0 Å². The van der Waals surface area contributed by atoms with Crippen molar-refractivity contribution in [2.45, 2.75) is 46.3 Å². The molecule has 0 saturated heterocycles. The molecule has 3 N–H and O–H groups in total. The van der Waals surface area contributed by atoms with Crippen LogP contribution < -0.4 is 16.0 Å². The Balaban J connectivity index is 1.77. The Morgan fingerprint density at radius 3 is 2.47 bits per heavy atom. The highest BCUT2D eigenvalue weighted by Gasteiger charge is 2.15. The molecule has 0 atom stereocenters. The highest BCUT2D eigenvalue weighted by Crippen LogP contribution is 2.11. The van der Waals surface area contributed by atoms with Crippen LogP contribution in [0.5, 0.6) is 0 Å². The average Bonchev–Trinajstić information content (AvgIpc) is 2.70. The Kier molecular flexibility index (Phi) is 9.01. The first kappa shape index (κ1) is 24.7. The molecule has 0 bridgehead atoms. The van der Waals surface area contributed by atoms with E-state index in [2.05, 4.69) is 16.0 Å². The second-order valence-corrected chi connectivity index (χ2v) is 8.39. The zero-order valence-corrected chi connectivity index (χ0v) is 19.0. The van der Waals surface area contributed by atoms with Crippen molar-refractivity contribution in [1.82, 2.24) is 10.6 Å². The maximum atomic E-state index is 12.1. The van der Waals surface area contributed by atoms with E-state index in [9.17, 15) is 14.4 Å². The summed E-state index contributed by atoms with van der Waals surface area (Å²) in [5.41, 5.74) is 2.98. The monoisotopic (exact) mass is 437 g/mol. The van der Waals surface area contributed by atoms with E-state index in [1.807, 2.05) is 37.3 Å². The summed E-state index contributed by atoms with van der Waals surface area (Å²) in [6, 6.07) is 15.1. The van der Waals surface area contributed by atoms with Crippen molar-refractivity contribution < 1.29 is 19.1 Å². The number of hydrogen-bond donors (Lipinski definition) is 3. The van der Waals surface area contributed by atoms with E-state index in [1.54, 1.807) is 45.0 Å². The number of alkyl carbamates (subject to hydrolysis) is 1. The van der Waals surface area contributed by atoms with E-state index in [1.165, 1.54) is 6.08 Å². The molecule has 0 heterocycles. The van der Waals surface area contributed by atoms with Crippen molar-refractivity contribution in [1.29, 1.82) is 0 Å². The second kappa shape index (κ2) is 11.7. The maximum absolute atomic E-state index is 12.1. The molecule has 2 rings (SSSR count). The van der Waals surface area contributed by atoms with E-state index in [4.69, 9.17) is 4.74 Å². The van der Waals surface area contributed by atoms with E-state index in [0.717, 1.165) is 16.7 Å². The summed E-state index contributed by atoms with van der Waals surface area (Å²) in [7, 11) is 0. The van der Waals surface area contributed by atoms with Crippen LogP contribution in [0.1, 0.15) is 43.9 Å². The molecule has 0 spiro atoms. The summed E-state index contributed by atoms with van der Waals surface area (Å²) in [6.07, 6.45) is 2.83. The Morgan fingerprint density at radius 1 is 1.00 bits per heavy atom. The standard InChI is InChI=1S/C25H31N3O4/c1-18-7-5-8-19(15-18)11-12-22(29)27-17-20-9-6-10-21(16-20)28-23(30)13-14-26-24(31)32-25(2,3)4/h5-12,15-16H,13-14,17H2,1-4H3,(H,26,31)(H,27,29)(H,28,30)/b12-11+. The highest BCUT2D eigenvalue weighted by atomic mass is 16.6. The van der Waals surface area contributed by atoms with Gasteiger partial charge in [-0.25, -0.2) is 4.79 Å². The van der Waals surface area contributed by atoms with Crippen LogP contribution >= 0.6 is 0 Å². The molecular formula is C25H31N3O4. The predicted molar refractivity (Wildman–Crippen MR) is 126 cm³/mol. The van der Waals surface area contributed by atoms with Gasteiger partial charge in [-0.3, -0.25) is 9.59 Å². The van der Waals surface area contributed by atoms with Gasteiger partial charge in [0.1, 0.15) is 5.60 Å². The molecule has 32 heavy (non-hydrogen) atoms. The molecule has 0 unspecified atom stereocenters. The van der Waals surface area contributed by atoms with Crippen LogP contribution in [0.25, 0.3) is 6.08 Å². The van der Waals surface area contributed by atoms with E-state index in [0.29, 0.717) is 12.2 Å². The van der Waals surface area contributed by atoms with Gasteiger partial charge >= 0.3 is 6.09 Å². The number of hydrogen-bond acceptors (Lipinski definition) is 4. The van der Waals surface area contributed by atoms with Crippen LogP contribution in [-0.4, -0.2) is 30.1 Å². The first-order chi connectivity index (χ1) is 15.1. The van der Waals surface area contributed by atoms with Crippen LogP contribution in [0.4, 0.5) is 10.5 Å². The lowest BCUT2D eigenvalue weighted by atomic mass is 10.1. The fourth-order valence-corrected chi connectivity index (χ4v) is 2.77. The van der Waals surface area contributed by atoms with Crippen molar-refractivity contribution in [2.24, 2.45) is 0 Å². The normalized spacial score (nSPS) is 11.1. The molecule has 0 aliphatic carbocycles. The molecular weight excluding hydrogens is 406 g/mol. The number of amides is 3. The van der Waals surface area contributed by atoms with Gasteiger partial charge in [-0.05, 0) is 57.0 Å². The molecule has 2 aromatic carbocycles. The minimum absolute atomic E-state index is 0.115. The van der Waals surface area contributed by atoms with Crippen molar-refractivity contribution in [3.05, 3.63) is 71.3 Å². The zero-order chi connectivity index (χ0) is 23.6. The molecule has 0 fully saturated rings. The largest absolute Gasteiger partial charge is 0.444 e. The van der Waals surface area contributed by atoms with Crippen molar-refractivity contribution in [2.75, 3.05) is 11.9 Å². The molecule has 2 aromatic rings. The molecule has 3 amide bonds. The number of rotatable bonds is 8. The fourth-order valence-electron chi connectivity index (χ4n) is 2.77. The van der Waals surface area contributed by atoms with E-state index < -0.39 is 11.7 Å². The number of benzene rings is 2. The molecule has 170 valence electrons. The number of aryl methyl sites for hydroxylation is 1. The minimum atomic E-state index is -0.585. The molecule has 0 aromatic heterocycles. The number of ether oxygens (including phenoxy) is 1. The molecule has 0 aliphatic heterocycles. The van der Waals surface area contributed by atoms with Crippen LogP contribution in [-0.2, 0) is 20.9 Å². The average molecular weight is 438 g/mol. The van der Waals surface area contributed by atoms with Crippen LogP contribution in [0.3, 0.4) is 0 Å². The first-order valence-corrected chi connectivity index (χ1v) is 10.5. The van der Waals surface area contributed by atoms with E-state index >= 15 is 0 Å². The van der Waals surface area contributed by atoms with Gasteiger partial charge in [0.15, 0.2) is 0 Å². The lowest BCUT2D eigenvalue weighted by molar-refractivity contribution is -0.117. The van der Waals surface area contributed by atoms with Gasteiger partial charge in [-0.15, -0.1) is 0 Å². The van der Waals surface area contributed by atoms with Crippen LogP contribution in [0, 0.1) is 6.92 Å². The van der Waals surface area contributed by atoms with E-state index in [-0.39, 0.29) is 24.8 Å². The fraction of sp³-hybridized carbons (Fsp3) is 0.320. The summed E-state index contributed by atoms with van der Waals surface area (Å²) >= 11 is 0. The Labute approximate surface area is 189 Å². The summed E-state index contributed by atoms with van der Waals surface area (Å²) in [4.78, 5) is 35.8. The van der Waals surface area contributed by atoms with Gasteiger partial charge in [0, 0.05) is 31.3 Å². The molecule has 0 saturated carbocycles. The second-order valence-electron chi connectivity index (χ2n) is 8.39. The zero-order valence-electron chi connectivity index (χ0n) is 19.0. The van der Waals surface area contributed by atoms with Gasteiger partial charge < -0.3 is 20.7 Å². The molecule has 7 nitrogen and oxygen atoms in total. The van der Waals surface area contributed by atoms with Gasteiger partial charge in [0.05, 0.1) is 0 Å².